The van der Waals surface area contributed by atoms with Crippen LogP contribution in [-0.4, -0.2) is 18.9 Å². The van der Waals surface area contributed by atoms with Crippen molar-refractivity contribution in [2.24, 2.45) is 0 Å². The summed E-state index contributed by atoms with van der Waals surface area (Å²) in [4.78, 5) is 25.6. The number of benzene rings is 1. The quantitative estimate of drug-likeness (QED) is 0.935. The van der Waals surface area contributed by atoms with Crippen LogP contribution in [-0.2, 0) is 4.79 Å². The van der Waals surface area contributed by atoms with E-state index in [1.54, 1.807) is 25.2 Å². The molecule has 0 saturated heterocycles. The van der Waals surface area contributed by atoms with Gasteiger partial charge in [-0.3, -0.25) is 9.59 Å². The monoisotopic (exact) mass is 274 g/mol. The molecule has 4 nitrogen and oxygen atoms in total. The zero-order valence-electron chi connectivity index (χ0n) is 10.7. The molecule has 0 radical (unpaired) electrons. The van der Waals surface area contributed by atoms with Crippen molar-refractivity contribution in [2.75, 3.05) is 17.3 Å². The smallest absolute Gasteiger partial charge is 0.265 e. The molecule has 0 aliphatic carbocycles. The van der Waals surface area contributed by atoms with Gasteiger partial charge in [0.1, 0.15) is 0 Å². The lowest BCUT2D eigenvalue weighted by Gasteiger charge is -2.19. The number of rotatable bonds is 3. The van der Waals surface area contributed by atoms with Gasteiger partial charge in [0, 0.05) is 14.0 Å². The first-order chi connectivity index (χ1) is 9.09. The molecule has 0 aliphatic heterocycles. The summed E-state index contributed by atoms with van der Waals surface area (Å²) in [5.41, 5.74) is 1.30. The number of nitrogens with zero attached hydrogens (tertiary/aromatic N) is 1. The molecule has 1 aromatic heterocycles. The lowest BCUT2D eigenvalue weighted by molar-refractivity contribution is -0.116. The van der Waals surface area contributed by atoms with Crippen molar-refractivity contribution in [2.45, 2.75) is 6.92 Å². The molecule has 0 aliphatic rings. The molecule has 5 heteroatoms. The Balaban J connectivity index is 2.26. The van der Waals surface area contributed by atoms with Crippen molar-refractivity contribution in [3.8, 4) is 0 Å². The van der Waals surface area contributed by atoms with Gasteiger partial charge in [0.25, 0.3) is 5.91 Å². The van der Waals surface area contributed by atoms with Crippen LogP contribution in [0.3, 0.4) is 0 Å². The van der Waals surface area contributed by atoms with Crippen molar-refractivity contribution in [3.63, 3.8) is 0 Å². The predicted octanol–water partition coefficient (Wildman–Crippen LogP) is 2.98. The Hall–Kier alpha value is -2.14. The van der Waals surface area contributed by atoms with E-state index >= 15 is 0 Å². The van der Waals surface area contributed by atoms with Gasteiger partial charge in [-0.1, -0.05) is 18.2 Å². The standard InChI is InChI=1S/C14H14N2O2S/c1-10(17)16(2)12-7-4-3-6-11(12)15-14(18)13-8-5-9-19-13/h3-9H,1-2H3,(H,15,18). The fourth-order valence-corrected chi connectivity index (χ4v) is 2.25. The Kier molecular flexibility index (Phi) is 3.97. The molecule has 98 valence electrons. The Morgan fingerprint density at radius 2 is 1.89 bits per heavy atom. The maximum atomic E-state index is 12.0. The zero-order valence-corrected chi connectivity index (χ0v) is 11.5. The number of hydrogen-bond donors (Lipinski definition) is 1. The molecule has 0 saturated carbocycles. The first-order valence-electron chi connectivity index (χ1n) is 5.78. The van der Waals surface area contributed by atoms with Gasteiger partial charge in [-0.25, -0.2) is 0 Å². The SMILES string of the molecule is CC(=O)N(C)c1ccccc1NC(=O)c1cccs1. The summed E-state index contributed by atoms with van der Waals surface area (Å²) in [5.74, 6) is -0.253. The van der Waals surface area contributed by atoms with E-state index in [0.717, 1.165) is 0 Å². The van der Waals surface area contributed by atoms with Crippen LogP contribution in [0.25, 0.3) is 0 Å². The fraction of sp³-hybridized carbons (Fsp3) is 0.143. The summed E-state index contributed by atoms with van der Waals surface area (Å²) < 4.78 is 0. The summed E-state index contributed by atoms with van der Waals surface area (Å²) in [6.45, 7) is 1.48. The molecular formula is C14H14N2O2S. The molecule has 1 heterocycles. The van der Waals surface area contributed by atoms with Crippen molar-refractivity contribution in [3.05, 3.63) is 46.7 Å². The average molecular weight is 274 g/mol. The lowest BCUT2D eigenvalue weighted by atomic mass is 10.2. The molecule has 0 fully saturated rings. The molecule has 0 atom stereocenters. The van der Waals surface area contributed by atoms with Crippen LogP contribution in [0.1, 0.15) is 16.6 Å². The van der Waals surface area contributed by atoms with E-state index in [4.69, 9.17) is 0 Å². The van der Waals surface area contributed by atoms with E-state index in [9.17, 15) is 9.59 Å². The Bertz CT molecular complexity index is 593. The minimum atomic E-state index is -0.167. The van der Waals surface area contributed by atoms with Gasteiger partial charge in [-0.05, 0) is 23.6 Å². The van der Waals surface area contributed by atoms with Gasteiger partial charge >= 0.3 is 0 Å². The van der Waals surface area contributed by atoms with Crippen LogP contribution >= 0.6 is 11.3 Å². The fourth-order valence-electron chi connectivity index (χ4n) is 1.63. The Morgan fingerprint density at radius 1 is 1.16 bits per heavy atom. The van der Waals surface area contributed by atoms with Crippen LogP contribution in [0.2, 0.25) is 0 Å². The third kappa shape index (κ3) is 3.00. The zero-order chi connectivity index (χ0) is 13.8. The minimum Gasteiger partial charge on any atom is -0.319 e. The van der Waals surface area contributed by atoms with Crippen molar-refractivity contribution >= 4 is 34.5 Å². The van der Waals surface area contributed by atoms with Gasteiger partial charge in [0.05, 0.1) is 16.3 Å². The van der Waals surface area contributed by atoms with E-state index < -0.39 is 0 Å². The summed E-state index contributed by atoms with van der Waals surface area (Å²) in [6, 6.07) is 10.8. The number of para-hydroxylation sites is 2. The number of hydrogen-bond acceptors (Lipinski definition) is 3. The molecular weight excluding hydrogens is 260 g/mol. The number of thiophene rings is 1. The third-order valence-corrected chi connectivity index (χ3v) is 3.60. The number of carbonyl (C=O) groups excluding carboxylic acids is 2. The van der Waals surface area contributed by atoms with E-state index in [2.05, 4.69) is 5.32 Å². The number of carbonyl (C=O) groups is 2. The van der Waals surface area contributed by atoms with E-state index in [-0.39, 0.29) is 11.8 Å². The molecule has 0 unspecified atom stereocenters. The summed E-state index contributed by atoms with van der Waals surface area (Å²) in [7, 11) is 1.68. The number of amides is 2. The van der Waals surface area contributed by atoms with Crippen molar-refractivity contribution in [1.29, 1.82) is 0 Å². The summed E-state index contributed by atoms with van der Waals surface area (Å²) in [5, 5.41) is 4.68. The van der Waals surface area contributed by atoms with Gasteiger partial charge in [0.2, 0.25) is 5.91 Å². The minimum absolute atomic E-state index is 0.0853. The third-order valence-electron chi connectivity index (χ3n) is 2.73. The van der Waals surface area contributed by atoms with Crippen LogP contribution < -0.4 is 10.2 Å². The van der Waals surface area contributed by atoms with E-state index in [1.165, 1.54) is 23.2 Å². The average Bonchev–Trinajstić information content (AvgIpc) is 2.92. The number of anilines is 2. The summed E-state index contributed by atoms with van der Waals surface area (Å²) >= 11 is 1.38. The van der Waals surface area contributed by atoms with E-state index in [1.807, 2.05) is 23.6 Å². The summed E-state index contributed by atoms with van der Waals surface area (Å²) in [6.07, 6.45) is 0. The highest BCUT2D eigenvalue weighted by molar-refractivity contribution is 7.12. The lowest BCUT2D eigenvalue weighted by Crippen LogP contribution is -2.24. The van der Waals surface area contributed by atoms with Crippen molar-refractivity contribution < 1.29 is 9.59 Å². The molecule has 2 amide bonds. The highest BCUT2D eigenvalue weighted by atomic mass is 32.1. The molecule has 1 aromatic carbocycles. The van der Waals surface area contributed by atoms with Crippen molar-refractivity contribution in [1.82, 2.24) is 0 Å². The second-order valence-corrected chi connectivity index (χ2v) is 4.97. The topological polar surface area (TPSA) is 49.4 Å². The number of nitrogens with one attached hydrogen (secondary N) is 1. The predicted molar refractivity (Wildman–Crippen MR) is 77.8 cm³/mol. The molecule has 2 rings (SSSR count). The second kappa shape index (κ2) is 5.67. The molecule has 1 N–H and O–H groups in total. The van der Waals surface area contributed by atoms with Crippen LogP contribution in [0.5, 0.6) is 0 Å². The van der Waals surface area contributed by atoms with Crippen LogP contribution in [0.4, 0.5) is 11.4 Å². The van der Waals surface area contributed by atoms with E-state index in [0.29, 0.717) is 16.3 Å². The Morgan fingerprint density at radius 3 is 2.53 bits per heavy atom. The largest absolute Gasteiger partial charge is 0.319 e. The first-order valence-corrected chi connectivity index (χ1v) is 6.65. The van der Waals surface area contributed by atoms with Gasteiger partial charge in [-0.15, -0.1) is 11.3 Å². The van der Waals surface area contributed by atoms with Crippen LogP contribution in [0.15, 0.2) is 41.8 Å². The maximum absolute atomic E-state index is 12.0. The molecule has 0 bridgehead atoms. The maximum Gasteiger partial charge on any atom is 0.265 e. The highest BCUT2D eigenvalue weighted by Gasteiger charge is 2.13. The first kappa shape index (κ1) is 13.3. The Labute approximate surface area is 115 Å². The van der Waals surface area contributed by atoms with Gasteiger partial charge in [0.15, 0.2) is 0 Å². The molecule has 2 aromatic rings. The van der Waals surface area contributed by atoms with Gasteiger partial charge < -0.3 is 10.2 Å². The molecule has 0 spiro atoms. The van der Waals surface area contributed by atoms with Crippen LogP contribution in [0, 0.1) is 0 Å². The normalized spacial score (nSPS) is 10.0. The second-order valence-electron chi connectivity index (χ2n) is 4.03. The molecule has 19 heavy (non-hydrogen) atoms. The van der Waals surface area contributed by atoms with Gasteiger partial charge in [-0.2, -0.15) is 0 Å². The highest BCUT2D eigenvalue weighted by Crippen LogP contribution is 2.25.